The van der Waals surface area contributed by atoms with E-state index in [4.69, 9.17) is 0 Å². The first-order valence-corrected chi connectivity index (χ1v) is 5.03. The molecular formula is C11H18N2O2. The maximum atomic E-state index is 11.2. The van der Waals surface area contributed by atoms with Gasteiger partial charge in [-0.15, -0.1) is 0 Å². The Morgan fingerprint density at radius 2 is 2.00 bits per heavy atom. The molecule has 1 heterocycles. The van der Waals surface area contributed by atoms with Crippen molar-refractivity contribution in [1.29, 1.82) is 0 Å². The SMILES string of the molecule is COC(=O)C(C)CNn1c(C)ccc1C. The molecule has 1 aromatic heterocycles. The predicted octanol–water partition coefficient (Wildman–Crippen LogP) is 1.46. The summed E-state index contributed by atoms with van der Waals surface area (Å²) < 4.78 is 6.63. The van der Waals surface area contributed by atoms with Crippen LogP contribution in [-0.2, 0) is 9.53 Å². The summed E-state index contributed by atoms with van der Waals surface area (Å²) in [7, 11) is 1.41. The molecule has 0 aliphatic carbocycles. The number of hydrogen-bond donors (Lipinski definition) is 1. The molecule has 0 aromatic carbocycles. The molecule has 1 atom stereocenters. The van der Waals surface area contributed by atoms with Gasteiger partial charge in [-0.05, 0) is 26.0 Å². The minimum Gasteiger partial charge on any atom is -0.469 e. The van der Waals surface area contributed by atoms with Crippen LogP contribution < -0.4 is 5.43 Å². The summed E-state index contributed by atoms with van der Waals surface area (Å²) in [6.45, 7) is 6.45. The number of aryl methyl sites for hydroxylation is 2. The number of methoxy groups -OCH3 is 1. The van der Waals surface area contributed by atoms with E-state index in [1.807, 2.05) is 37.6 Å². The Morgan fingerprint density at radius 3 is 2.47 bits per heavy atom. The Hall–Kier alpha value is -1.45. The lowest BCUT2D eigenvalue weighted by atomic mass is 10.2. The van der Waals surface area contributed by atoms with Crippen molar-refractivity contribution in [3.63, 3.8) is 0 Å². The van der Waals surface area contributed by atoms with E-state index in [1.54, 1.807) is 0 Å². The van der Waals surface area contributed by atoms with E-state index in [0.29, 0.717) is 6.54 Å². The van der Waals surface area contributed by atoms with Gasteiger partial charge in [0, 0.05) is 17.9 Å². The Kier molecular flexibility index (Phi) is 3.77. The van der Waals surface area contributed by atoms with Crippen LogP contribution in [-0.4, -0.2) is 24.3 Å². The van der Waals surface area contributed by atoms with Crippen molar-refractivity contribution in [3.05, 3.63) is 23.5 Å². The quantitative estimate of drug-likeness (QED) is 0.765. The smallest absolute Gasteiger partial charge is 0.310 e. The summed E-state index contributed by atoms with van der Waals surface area (Å²) in [5, 5.41) is 0. The van der Waals surface area contributed by atoms with Gasteiger partial charge in [0.25, 0.3) is 0 Å². The average molecular weight is 210 g/mol. The van der Waals surface area contributed by atoms with Crippen molar-refractivity contribution >= 4 is 5.97 Å². The summed E-state index contributed by atoms with van der Waals surface area (Å²) in [5.74, 6) is -0.332. The highest BCUT2D eigenvalue weighted by molar-refractivity contribution is 5.72. The second kappa shape index (κ2) is 4.87. The molecule has 4 nitrogen and oxygen atoms in total. The van der Waals surface area contributed by atoms with E-state index < -0.39 is 0 Å². The molecule has 15 heavy (non-hydrogen) atoms. The number of nitrogens with one attached hydrogen (secondary N) is 1. The number of esters is 1. The van der Waals surface area contributed by atoms with Crippen molar-refractivity contribution in [1.82, 2.24) is 4.68 Å². The molecule has 1 N–H and O–H groups in total. The summed E-state index contributed by atoms with van der Waals surface area (Å²) in [6, 6.07) is 4.07. The van der Waals surface area contributed by atoms with Crippen LogP contribution in [0.2, 0.25) is 0 Å². The molecule has 0 aliphatic rings. The van der Waals surface area contributed by atoms with Gasteiger partial charge in [-0.3, -0.25) is 9.47 Å². The van der Waals surface area contributed by atoms with E-state index in [-0.39, 0.29) is 11.9 Å². The zero-order chi connectivity index (χ0) is 11.4. The molecule has 4 heteroatoms. The van der Waals surface area contributed by atoms with Gasteiger partial charge in [-0.1, -0.05) is 6.92 Å². The Labute approximate surface area is 90.2 Å². The zero-order valence-electron chi connectivity index (χ0n) is 9.70. The van der Waals surface area contributed by atoms with Crippen molar-refractivity contribution in [2.45, 2.75) is 20.8 Å². The fraction of sp³-hybridized carbons (Fsp3) is 0.545. The number of carbonyl (C=O) groups is 1. The average Bonchev–Trinajstić information content (AvgIpc) is 2.54. The Balaban J connectivity index is 2.54. The molecule has 0 amide bonds. The van der Waals surface area contributed by atoms with Crippen LogP contribution in [0.1, 0.15) is 18.3 Å². The molecule has 1 aromatic rings. The van der Waals surface area contributed by atoms with Crippen LogP contribution >= 0.6 is 0 Å². The van der Waals surface area contributed by atoms with Crippen molar-refractivity contribution in [3.8, 4) is 0 Å². The van der Waals surface area contributed by atoms with Crippen molar-refractivity contribution in [2.24, 2.45) is 5.92 Å². The molecular weight excluding hydrogens is 192 g/mol. The second-order valence-corrected chi connectivity index (χ2v) is 3.74. The van der Waals surface area contributed by atoms with E-state index >= 15 is 0 Å². The van der Waals surface area contributed by atoms with Crippen LogP contribution in [0, 0.1) is 19.8 Å². The van der Waals surface area contributed by atoms with E-state index in [0.717, 1.165) is 11.4 Å². The molecule has 0 aliphatic heterocycles. The standard InChI is InChI=1S/C11H18N2O2/c1-8(11(14)15-4)7-12-13-9(2)5-6-10(13)3/h5-6,8,12H,7H2,1-4H3. The number of hydrogen-bond acceptors (Lipinski definition) is 3. The molecule has 0 spiro atoms. The maximum Gasteiger partial charge on any atom is 0.310 e. The molecule has 0 fully saturated rings. The van der Waals surface area contributed by atoms with Crippen LogP contribution in [0.3, 0.4) is 0 Å². The van der Waals surface area contributed by atoms with Crippen LogP contribution in [0.4, 0.5) is 0 Å². The first-order valence-electron chi connectivity index (χ1n) is 5.03. The van der Waals surface area contributed by atoms with Gasteiger partial charge in [0.15, 0.2) is 0 Å². The third-order valence-corrected chi connectivity index (χ3v) is 2.43. The van der Waals surface area contributed by atoms with Crippen molar-refractivity contribution in [2.75, 3.05) is 19.1 Å². The van der Waals surface area contributed by atoms with Gasteiger partial charge in [-0.2, -0.15) is 0 Å². The predicted molar refractivity (Wildman–Crippen MR) is 59.3 cm³/mol. The minimum absolute atomic E-state index is 0.142. The highest BCUT2D eigenvalue weighted by atomic mass is 16.5. The molecule has 1 rings (SSSR count). The number of nitrogens with zero attached hydrogens (tertiary/aromatic N) is 1. The van der Waals surface area contributed by atoms with Gasteiger partial charge in [0.1, 0.15) is 0 Å². The third-order valence-electron chi connectivity index (χ3n) is 2.43. The van der Waals surface area contributed by atoms with E-state index in [1.165, 1.54) is 7.11 Å². The van der Waals surface area contributed by atoms with Crippen molar-refractivity contribution < 1.29 is 9.53 Å². The summed E-state index contributed by atoms with van der Waals surface area (Å²) in [6.07, 6.45) is 0. The van der Waals surface area contributed by atoms with Crippen LogP contribution in [0.15, 0.2) is 12.1 Å². The molecule has 0 radical (unpaired) electrons. The summed E-state index contributed by atoms with van der Waals surface area (Å²) in [4.78, 5) is 11.2. The van der Waals surface area contributed by atoms with Gasteiger partial charge >= 0.3 is 5.97 Å². The summed E-state index contributed by atoms with van der Waals surface area (Å²) in [5.41, 5.74) is 5.45. The van der Waals surface area contributed by atoms with Crippen LogP contribution in [0.25, 0.3) is 0 Å². The molecule has 0 bridgehead atoms. The molecule has 0 saturated carbocycles. The van der Waals surface area contributed by atoms with Gasteiger partial charge in [-0.25, -0.2) is 0 Å². The third kappa shape index (κ3) is 2.75. The lowest BCUT2D eigenvalue weighted by Gasteiger charge is -2.15. The van der Waals surface area contributed by atoms with Gasteiger partial charge in [0.05, 0.1) is 13.0 Å². The van der Waals surface area contributed by atoms with Gasteiger partial charge < -0.3 is 10.2 Å². The first-order chi connectivity index (χ1) is 7.06. The Morgan fingerprint density at radius 1 is 1.47 bits per heavy atom. The lowest BCUT2D eigenvalue weighted by molar-refractivity contribution is -0.144. The zero-order valence-corrected chi connectivity index (χ0v) is 9.70. The largest absolute Gasteiger partial charge is 0.469 e. The second-order valence-electron chi connectivity index (χ2n) is 3.74. The topological polar surface area (TPSA) is 43.3 Å². The molecule has 1 unspecified atom stereocenters. The van der Waals surface area contributed by atoms with Gasteiger partial charge in [0.2, 0.25) is 0 Å². The fourth-order valence-electron chi connectivity index (χ4n) is 1.43. The maximum absolute atomic E-state index is 11.2. The fourth-order valence-corrected chi connectivity index (χ4v) is 1.43. The van der Waals surface area contributed by atoms with E-state index in [9.17, 15) is 4.79 Å². The van der Waals surface area contributed by atoms with E-state index in [2.05, 4.69) is 10.2 Å². The Bertz CT molecular complexity index is 325. The number of rotatable bonds is 4. The normalized spacial score (nSPS) is 12.3. The summed E-state index contributed by atoms with van der Waals surface area (Å²) >= 11 is 0. The molecule has 0 saturated heterocycles. The first kappa shape index (κ1) is 11.6. The number of aromatic nitrogens is 1. The van der Waals surface area contributed by atoms with Crippen LogP contribution in [0.5, 0.6) is 0 Å². The lowest BCUT2D eigenvalue weighted by Crippen LogP contribution is -2.27. The number of ether oxygens (including phenoxy) is 1. The monoisotopic (exact) mass is 210 g/mol. The highest BCUT2D eigenvalue weighted by Crippen LogP contribution is 2.05. The number of carbonyl (C=O) groups excluding carboxylic acids is 1. The molecule has 84 valence electrons. The minimum atomic E-state index is -0.190. The highest BCUT2D eigenvalue weighted by Gasteiger charge is 2.12.